The Bertz CT molecular complexity index is 1620. The van der Waals surface area contributed by atoms with Crippen molar-refractivity contribution in [1.82, 2.24) is 15.2 Å². The predicted octanol–water partition coefficient (Wildman–Crippen LogP) is 6.26. The molecule has 7 nitrogen and oxygen atoms in total. The Morgan fingerprint density at radius 1 is 0.976 bits per heavy atom. The Morgan fingerprint density at radius 3 is 2.10 bits per heavy atom. The van der Waals surface area contributed by atoms with Crippen molar-refractivity contribution in [3.8, 4) is 0 Å². The topological polar surface area (TPSA) is 82.6 Å². The van der Waals surface area contributed by atoms with Gasteiger partial charge in [0.1, 0.15) is 5.82 Å². The lowest BCUT2D eigenvalue weighted by atomic mass is 9.93. The number of anilines is 1. The molecule has 42 heavy (non-hydrogen) atoms. The van der Waals surface area contributed by atoms with Crippen LogP contribution in [0.4, 0.5) is 10.1 Å². The zero-order valence-electron chi connectivity index (χ0n) is 22.9. The Hall–Kier alpha value is -3.50. The molecule has 1 N–H and O–H groups in total. The van der Waals surface area contributed by atoms with Gasteiger partial charge in [0.25, 0.3) is 5.91 Å². The Morgan fingerprint density at radius 2 is 1.57 bits per heavy atom. The number of sulfonamides is 1. The number of halogens is 3. The molecule has 1 atom stereocenters. The highest BCUT2D eigenvalue weighted by Gasteiger charge is 2.41. The van der Waals surface area contributed by atoms with Crippen molar-refractivity contribution in [2.75, 3.05) is 23.7 Å². The fraction of sp³-hybridized carbons (Fsp3) is 0.226. The molecule has 2 heterocycles. The lowest BCUT2D eigenvalue weighted by Gasteiger charge is -2.48. The van der Waals surface area contributed by atoms with Crippen LogP contribution in [-0.4, -0.2) is 49.6 Å². The highest BCUT2D eigenvalue weighted by molar-refractivity contribution is 7.92. The number of hydrogen-bond acceptors (Lipinski definition) is 5. The largest absolute Gasteiger partial charge is 0.345 e. The van der Waals surface area contributed by atoms with Crippen LogP contribution in [0.2, 0.25) is 10.0 Å². The van der Waals surface area contributed by atoms with Crippen LogP contribution in [-0.2, 0) is 10.0 Å². The SMILES string of the molecule is CC(NC(=O)c1cc(F)cc(N(C2CN(C(c3ccc(Cl)cc3)c3ccc(Cl)cc3)C2)S(C)(=O)=O)c1)c1cccnc1. The normalized spacial score (nSPS) is 14.8. The number of likely N-dealkylation sites (tertiary alicyclic amines) is 1. The fourth-order valence-corrected chi connectivity index (χ4v) is 6.67. The molecule has 1 aliphatic heterocycles. The van der Waals surface area contributed by atoms with Crippen molar-refractivity contribution in [3.05, 3.63) is 129 Å². The first kappa shape index (κ1) is 30.0. The van der Waals surface area contributed by atoms with E-state index in [1.54, 1.807) is 25.4 Å². The molecule has 0 radical (unpaired) electrons. The number of nitrogens with zero attached hydrogens (tertiary/aromatic N) is 3. The molecule has 1 aliphatic rings. The molecule has 0 saturated carbocycles. The zero-order valence-corrected chi connectivity index (χ0v) is 25.2. The van der Waals surface area contributed by atoms with Crippen LogP contribution in [0.5, 0.6) is 0 Å². The van der Waals surface area contributed by atoms with E-state index in [0.717, 1.165) is 35.1 Å². The lowest BCUT2D eigenvalue weighted by Crippen LogP contribution is -2.61. The van der Waals surface area contributed by atoms with Gasteiger partial charge in [-0.05, 0) is 72.1 Å². The number of rotatable bonds is 9. The number of nitrogens with one attached hydrogen (secondary N) is 1. The smallest absolute Gasteiger partial charge is 0.251 e. The quantitative estimate of drug-likeness (QED) is 0.237. The Labute approximate surface area is 254 Å². The van der Waals surface area contributed by atoms with E-state index in [4.69, 9.17) is 23.2 Å². The first-order valence-corrected chi connectivity index (χ1v) is 15.9. The Kier molecular flexibility index (Phi) is 8.84. The van der Waals surface area contributed by atoms with Crippen LogP contribution >= 0.6 is 23.2 Å². The zero-order chi connectivity index (χ0) is 30.0. The van der Waals surface area contributed by atoms with Gasteiger partial charge < -0.3 is 5.32 Å². The van der Waals surface area contributed by atoms with Crippen LogP contribution < -0.4 is 9.62 Å². The summed E-state index contributed by atoms with van der Waals surface area (Å²) in [4.78, 5) is 19.3. The van der Waals surface area contributed by atoms with Gasteiger partial charge in [-0.3, -0.25) is 19.0 Å². The molecule has 0 bridgehead atoms. The van der Waals surface area contributed by atoms with Crippen molar-refractivity contribution >= 4 is 44.8 Å². The predicted molar refractivity (Wildman–Crippen MR) is 164 cm³/mol. The van der Waals surface area contributed by atoms with E-state index >= 15 is 0 Å². The minimum Gasteiger partial charge on any atom is -0.345 e. The summed E-state index contributed by atoms with van der Waals surface area (Å²) in [6.45, 7) is 2.54. The van der Waals surface area contributed by atoms with Gasteiger partial charge in [0.15, 0.2) is 0 Å². The third kappa shape index (κ3) is 6.76. The van der Waals surface area contributed by atoms with E-state index in [9.17, 15) is 17.6 Å². The maximum atomic E-state index is 14.9. The highest BCUT2D eigenvalue weighted by atomic mass is 35.5. The molecular weight excluding hydrogens is 598 g/mol. The molecule has 11 heteroatoms. The second-order valence-electron chi connectivity index (χ2n) is 10.4. The summed E-state index contributed by atoms with van der Waals surface area (Å²) in [6.07, 6.45) is 4.35. The standard InChI is InChI=1S/C31H29Cl2FN4O3S/c1-20(23-4-3-13-35-17-23)36-31(39)24-14-27(34)16-28(15-24)38(42(2,40)41)29-18-37(19-29)30(21-5-9-25(32)10-6-21)22-7-11-26(33)12-8-22/h3-17,20,29-30H,18-19H2,1-2H3,(H,36,39). The van der Waals surface area contributed by atoms with Crippen LogP contribution in [0.25, 0.3) is 0 Å². The number of aromatic nitrogens is 1. The average Bonchev–Trinajstić information content (AvgIpc) is 2.93. The van der Waals surface area contributed by atoms with Gasteiger partial charge in [-0.2, -0.15) is 0 Å². The van der Waals surface area contributed by atoms with Gasteiger partial charge in [-0.25, -0.2) is 12.8 Å². The van der Waals surface area contributed by atoms with Gasteiger partial charge in [0, 0.05) is 41.1 Å². The minimum atomic E-state index is -3.83. The third-order valence-electron chi connectivity index (χ3n) is 7.25. The average molecular weight is 628 g/mol. The van der Waals surface area contributed by atoms with Gasteiger partial charge in [-0.1, -0.05) is 53.5 Å². The molecular formula is C31H29Cl2FN4O3S. The molecule has 1 fully saturated rings. The van der Waals surface area contributed by atoms with Gasteiger partial charge in [0.2, 0.25) is 10.0 Å². The fourth-order valence-electron chi connectivity index (χ4n) is 5.25. The summed E-state index contributed by atoms with van der Waals surface area (Å²) in [7, 11) is -3.83. The maximum Gasteiger partial charge on any atom is 0.251 e. The summed E-state index contributed by atoms with van der Waals surface area (Å²) < 4.78 is 42.2. The van der Waals surface area contributed by atoms with Crippen molar-refractivity contribution in [3.63, 3.8) is 0 Å². The number of amides is 1. The second kappa shape index (κ2) is 12.4. The first-order chi connectivity index (χ1) is 20.0. The van der Waals surface area contributed by atoms with Gasteiger partial charge in [-0.15, -0.1) is 0 Å². The molecule has 5 rings (SSSR count). The summed E-state index contributed by atoms with van der Waals surface area (Å²) in [6, 6.07) is 21.2. The molecule has 1 unspecified atom stereocenters. The van der Waals surface area contributed by atoms with Crippen molar-refractivity contribution < 1.29 is 17.6 Å². The summed E-state index contributed by atoms with van der Waals surface area (Å²) in [5.41, 5.74) is 2.87. The van der Waals surface area contributed by atoms with Crippen LogP contribution in [0.3, 0.4) is 0 Å². The summed E-state index contributed by atoms with van der Waals surface area (Å²) in [5.74, 6) is -1.24. The number of hydrogen-bond donors (Lipinski definition) is 1. The molecule has 218 valence electrons. The van der Waals surface area contributed by atoms with Crippen molar-refractivity contribution in [2.45, 2.75) is 25.0 Å². The molecule has 0 aliphatic carbocycles. The minimum absolute atomic E-state index is 0.0192. The summed E-state index contributed by atoms with van der Waals surface area (Å²) in [5, 5.41) is 4.05. The molecule has 0 spiro atoms. The van der Waals surface area contributed by atoms with E-state index < -0.39 is 27.8 Å². The van der Waals surface area contributed by atoms with Gasteiger partial charge in [0.05, 0.1) is 30.1 Å². The molecule has 3 aromatic carbocycles. The van der Waals surface area contributed by atoms with E-state index in [2.05, 4.69) is 15.2 Å². The maximum absolute atomic E-state index is 14.9. The molecule has 1 aromatic heterocycles. The van der Waals surface area contributed by atoms with Crippen LogP contribution in [0.15, 0.2) is 91.3 Å². The second-order valence-corrected chi connectivity index (χ2v) is 13.1. The van der Waals surface area contributed by atoms with Crippen LogP contribution in [0, 0.1) is 5.82 Å². The van der Waals surface area contributed by atoms with Crippen molar-refractivity contribution in [2.24, 2.45) is 0 Å². The molecule has 1 saturated heterocycles. The first-order valence-electron chi connectivity index (χ1n) is 13.3. The number of carbonyl (C=O) groups excluding carboxylic acids is 1. The summed E-state index contributed by atoms with van der Waals surface area (Å²) >= 11 is 12.3. The molecule has 1 amide bonds. The van der Waals surface area contributed by atoms with Crippen molar-refractivity contribution in [1.29, 1.82) is 0 Å². The van der Waals surface area contributed by atoms with Crippen LogP contribution in [0.1, 0.15) is 46.1 Å². The number of pyridine rings is 1. The third-order valence-corrected chi connectivity index (χ3v) is 8.97. The highest BCUT2D eigenvalue weighted by Crippen LogP contribution is 2.37. The van der Waals surface area contributed by atoms with E-state index in [1.165, 1.54) is 10.4 Å². The monoisotopic (exact) mass is 626 g/mol. The number of carbonyl (C=O) groups is 1. The van der Waals surface area contributed by atoms with E-state index in [1.807, 2.05) is 54.6 Å². The van der Waals surface area contributed by atoms with E-state index in [0.29, 0.717) is 23.1 Å². The molecule has 4 aromatic rings. The number of benzene rings is 3. The van der Waals surface area contributed by atoms with E-state index in [-0.39, 0.29) is 23.3 Å². The lowest BCUT2D eigenvalue weighted by molar-refractivity contribution is 0.0939. The Balaban J connectivity index is 1.40. The van der Waals surface area contributed by atoms with Gasteiger partial charge >= 0.3 is 0 Å².